The van der Waals surface area contributed by atoms with E-state index in [0.717, 1.165) is 24.1 Å². The number of nitrogens with zero attached hydrogens (tertiary/aromatic N) is 3. The van der Waals surface area contributed by atoms with Gasteiger partial charge in [-0.3, -0.25) is 19.1 Å². The first kappa shape index (κ1) is 22.1. The number of benzene rings is 1. The van der Waals surface area contributed by atoms with Crippen LogP contribution in [0.5, 0.6) is 0 Å². The van der Waals surface area contributed by atoms with Crippen LogP contribution in [-0.4, -0.2) is 40.9 Å². The van der Waals surface area contributed by atoms with E-state index < -0.39 is 5.91 Å². The minimum Gasteiger partial charge on any atom is -0.369 e. The van der Waals surface area contributed by atoms with E-state index in [1.165, 1.54) is 12.1 Å². The molecule has 2 rings (SSSR count). The van der Waals surface area contributed by atoms with Gasteiger partial charge in [-0.2, -0.15) is 5.26 Å². The van der Waals surface area contributed by atoms with Gasteiger partial charge in [-0.05, 0) is 56.6 Å². The summed E-state index contributed by atoms with van der Waals surface area (Å²) in [6.07, 6.45) is 1.75. The first-order valence-electron chi connectivity index (χ1n) is 9.46. The smallest absolute Gasteiger partial charge is 0.239 e. The van der Waals surface area contributed by atoms with Gasteiger partial charge >= 0.3 is 0 Å². The van der Waals surface area contributed by atoms with Gasteiger partial charge in [0.2, 0.25) is 11.8 Å². The van der Waals surface area contributed by atoms with Crippen LogP contribution in [0.3, 0.4) is 0 Å². The number of amides is 2. The van der Waals surface area contributed by atoms with Crippen LogP contribution in [0.4, 0.5) is 10.2 Å². The minimum atomic E-state index is -0.506. The Morgan fingerprint density at radius 3 is 2.45 bits per heavy atom. The van der Waals surface area contributed by atoms with E-state index in [0.29, 0.717) is 23.6 Å². The van der Waals surface area contributed by atoms with Gasteiger partial charge in [0.1, 0.15) is 17.7 Å². The number of anilines is 1. The lowest BCUT2D eigenvalue weighted by molar-refractivity contribution is -0.121. The summed E-state index contributed by atoms with van der Waals surface area (Å²) in [5.74, 6) is -0.916. The number of carbonyl (C=O) groups excluding carboxylic acids is 2. The molecule has 1 aromatic heterocycles. The quantitative estimate of drug-likeness (QED) is 0.676. The van der Waals surface area contributed by atoms with E-state index in [1.54, 1.807) is 28.5 Å². The fourth-order valence-electron chi connectivity index (χ4n) is 3.16. The highest BCUT2D eigenvalue weighted by Gasteiger charge is 2.22. The maximum Gasteiger partial charge on any atom is 0.239 e. The lowest BCUT2D eigenvalue weighted by Gasteiger charge is -2.20. The summed E-state index contributed by atoms with van der Waals surface area (Å²) in [7, 11) is 0. The molecular formula is C21H26FN5O2. The average Bonchev–Trinajstić information content (AvgIpc) is 2.89. The lowest BCUT2D eigenvalue weighted by Crippen LogP contribution is -2.40. The van der Waals surface area contributed by atoms with Crippen LogP contribution in [0.15, 0.2) is 24.3 Å². The molecule has 0 atom stereocenters. The number of nitrogens with two attached hydrogens (primary N) is 1. The molecule has 0 unspecified atom stereocenters. The van der Waals surface area contributed by atoms with E-state index in [1.807, 2.05) is 13.8 Å². The molecule has 2 amide bonds. The summed E-state index contributed by atoms with van der Waals surface area (Å²) in [6.45, 7) is 6.16. The number of nitrogens with one attached hydrogen (secondary N) is 1. The van der Waals surface area contributed by atoms with Gasteiger partial charge in [-0.1, -0.05) is 13.3 Å². The molecule has 0 radical (unpaired) electrons. The Morgan fingerprint density at radius 2 is 1.90 bits per heavy atom. The second-order valence-electron chi connectivity index (χ2n) is 6.94. The summed E-state index contributed by atoms with van der Waals surface area (Å²) in [4.78, 5) is 25.7. The van der Waals surface area contributed by atoms with Crippen LogP contribution >= 0.6 is 0 Å². The fraction of sp³-hybridized carbons (Fsp3) is 0.381. The van der Waals surface area contributed by atoms with E-state index in [4.69, 9.17) is 5.73 Å². The average molecular weight is 399 g/mol. The number of halogens is 1. The SMILES string of the molecule is CCCCN(CC(N)=O)CC(=O)Nc1c(C#N)c(C)c(C)n1-c1ccc(F)cc1. The molecule has 0 bridgehead atoms. The van der Waals surface area contributed by atoms with Crippen molar-refractivity contribution < 1.29 is 14.0 Å². The normalized spacial score (nSPS) is 10.8. The zero-order chi connectivity index (χ0) is 21.6. The number of primary amides is 1. The van der Waals surface area contributed by atoms with Crippen LogP contribution in [0.1, 0.15) is 36.6 Å². The fourth-order valence-corrected chi connectivity index (χ4v) is 3.16. The van der Waals surface area contributed by atoms with Crippen molar-refractivity contribution in [2.75, 3.05) is 25.0 Å². The third-order valence-corrected chi connectivity index (χ3v) is 4.74. The molecule has 2 aromatic rings. The molecular weight excluding hydrogens is 373 g/mol. The van der Waals surface area contributed by atoms with Crippen molar-refractivity contribution in [1.82, 2.24) is 9.47 Å². The van der Waals surface area contributed by atoms with Crippen LogP contribution in [0.2, 0.25) is 0 Å². The summed E-state index contributed by atoms with van der Waals surface area (Å²) in [5, 5.41) is 12.4. The molecule has 0 spiro atoms. The van der Waals surface area contributed by atoms with E-state index >= 15 is 0 Å². The van der Waals surface area contributed by atoms with Crippen molar-refractivity contribution in [2.24, 2.45) is 5.73 Å². The molecule has 3 N–H and O–H groups in total. The minimum absolute atomic E-state index is 0.0183. The number of unbranched alkanes of at least 4 members (excludes halogenated alkanes) is 1. The molecule has 0 aliphatic heterocycles. The van der Waals surface area contributed by atoms with Gasteiger partial charge < -0.3 is 11.1 Å². The van der Waals surface area contributed by atoms with Gasteiger partial charge in [-0.25, -0.2) is 4.39 Å². The van der Waals surface area contributed by atoms with Crippen molar-refractivity contribution in [2.45, 2.75) is 33.6 Å². The highest BCUT2D eigenvalue weighted by Crippen LogP contribution is 2.30. The van der Waals surface area contributed by atoms with Crippen LogP contribution < -0.4 is 11.1 Å². The first-order valence-corrected chi connectivity index (χ1v) is 9.46. The Kier molecular flexibility index (Phi) is 7.51. The topological polar surface area (TPSA) is 104 Å². The Labute approximate surface area is 169 Å². The molecule has 0 saturated heterocycles. The van der Waals surface area contributed by atoms with Crippen molar-refractivity contribution in [3.63, 3.8) is 0 Å². The Bertz CT molecular complexity index is 928. The van der Waals surface area contributed by atoms with E-state index in [9.17, 15) is 19.2 Å². The monoisotopic (exact) mass is 399 g/mol. The molecule has 0 aliphatic rings. The number of carbonyl (C=O) groups is 2. The number of hydrogen-bond donors (Lipinski definition) is 2. The molecule has 154 valence electrons. The van der Waals surface area contributed by atoms with Crippen molar-refractivity contribution in [3.05, 3.63) is 46.9 Å². The highest BCUT2D eigenvalue weighted by molar-refractivity contribution is 5.94. The van der Waals surface area contributed by atoms with E-state index in [2.05, 4.69) is 11.4 Å². The van der Waals surface area contributed by atoms with Crippen LogP contribution in [0, 0.1) is 31.0 Å². The van der Waals surface area contributed by atoms with Crippen molar-refractivity contribution in [1.29, 1.82) is 5.26 Å². The highest BCUT2D eigenvalue weighted by atomic mass is 19.1. The predicted molar refractivity (Wildman–Crippen MR) is 109 cm³/mol. The summed E-state index contributed by atoms with van der Waals surface area (Å²) < 4.78 is 15.1. The molecule has 0 aliphatic carbocycles. The van der Waals surface area contributed by atoms with Gasteiger partial charge in [0.15, 0.2) is 0 Å². The third kappa shape index (κ3) is 5.42. The molecule has 7 nitrogen and oxygen atoms in total. The Morgan fingerprint density at radius 1 is 1.24 bits per heavy atom. The third-order valence-electron chi connectivity index (χ3n) is 4.74. The Hall–Kier alpha value is -3.18. The maximum atomic E-state index is 13.3. The predicted octanol–water partition coefficient (Wildman–Crippen LogP) is 2.63. The molecule has 29 heavy (non-hydrogen) atoms. The van der Waals surface area contributed by atoms with Gasteiger partial charge in [0.25, 0.3) is 0 Å². The zero-order valence-electron chi connectivity index (χ0n) is 17.0. The summed E-state index contributed by atoms with van der Waals surface area (Å²) >= 11 is 0. The van der Waals surface area contributed by atoms with Gasteiger partial charge in [0, 0.05) is 11.4 Å². The van der Waals surface area contributed by atoms with Gasteiger partial charge in [-0.15, -0.1) is 0 Å². The number of nitriles is 1. The number of hydrogen-bond acceptors (Lipinski definition) is 4. The number of rotatable bonds is 9. The van der Waals surface area contributed by atoms with Crippen LogP contribution in [-0.2, 0) is 9.59 Å². The number of aromatic nitrogens is 1. The van der Waals surface area contributed by atoms with Crippen molar-refractivity contribution in [3.8, 4) is 11.8 Å². The zero-order valence-corrected chi connectivity index (χ0v) is 17.0. The van der Waals surface area contributed by atoms with Crippen LogP contribution in [0.25, 0.3) is 5.69 Å². The van der Waals surface area contributed by atoms with Gasteiger partial charge in [0.05, 0.1) is 18.7 Å². The first-order chi connectivity index (χ1) is 13.8. The molecule has 0 fully saturated rings. The second-order valence-corrected chi connectivity index (χ2v) is 6.94. The van der Waals surface area contributed by atoms with Crippen molar-refractivity contribution >= 4 is 17.6 Å². The molecule has 0 saturated carbocycles. The second kappa shape index (κ2) is 9.85. The summed E-state index contributed by atoms with van der Waals surface area (Å²) in [6, 6.07) is 7.94. The standard InChI is InChI=1S/C21H26FN5O2/c1-4-5-10-26(12-19(24)28)13-20(29)25-21-18(11-23)14(2)15(3)27(21)17-8-6-16(22)7-9-17/h6-9H,4-5,10,12-13H2,1-3H3,(H2,24,28)(H,25,29). The largest absolute Gasteiger partial charge is 0.369 e. The summed E-state index contributed by atoms with van der Waals surface area (Å²) in [5.41, 5.74) is 7.75. The molecule has 1 heterocycles. The van der Waals surface area contributed by atoms with E-state index in [-0.39, 0.29) is 24.8 Å². The molecule has 1 aromatic carbocycles. The Balaban J connectivity index is 2.34. The molecule has 8 heteroatoms. The maximum absolute atomic E-state index is 13.3. The lowest BCUT2D eigenvalue weighted by atomic mass is 10.2.